The number of hydrogen-bond donors (Lipinski definition) is 1. The van der Waals surface area contributed by atoms with E-state index < -0.39 is 11.2 Å². The SMILES string of the molecule is NSCn1c(=O)c2c(nc(-c3ccccc3Cl)n2-c2ccc(Cl)cc2)n(Cc2ccc(Cl)cn2)c1=O. The van der Waals surface area contributed by atoms with E-state index in [4.69, 9.17) is 44.9 Å². The number of hydrogen-bond acceptors (Lipinski definition) is 6. The highest BCUT2D eigenvalue weighted by Crippen LogP contribution is 2.32. The fourth-order valence-corrected chi connectivity index (χ4v) is 4.73. The van der Waals surface area contributed by atoms with Crippen LogP contribution in [-0.2, 0) is 12.4 Å². The molecular formula is C24H17Cl3N6O2S. The van der Waals surface area contributed by atoms with E-state index in [-0.39, 0.29) is 23.6 Å². The fraction of sp³-hybridized carbons (Fsp3) is 0.0833. The summed E-state index contributed by atoms with van der Waals surface area (Å²) in [5.74, 6) is 0.347. The zero-order valence-electron chi connectivity index (χ0n) is 18.4. The van der Waals surface area contributed by atoms with Gasteiger partial charge >= 0.3 is 5.69 Å². The number of benzene rings is 2. The molecule has 0 atom stereocenters. The predicted octanol–water partition coefficient (Wildman–Crippen LogP) is 4.98. The molecule has 0 saturated carbocycles. The fourth-order valence-electron chi connectivity index (χ4n) is 3.90. The molecule has 0 bridgehead atoms. The van der Waals surface area contributed by atoms with Crippen molar-refractivity contribution < 1.29 is 0 Å². The summed E-state index contributed by atoms with van der Waals surface area (Å²) in [5.41, 5.74) is 1.06. The quantitative estimate of drug-likeness (QED) is 0.294. The molecule has 0 radical (unpaired) electrons. The second-order valence-corrected chi connectivity index (χ2v) is 9.64. The summed E-state index contributed by atoms with van der Waals surface area (Å²) in [4.78, 5) is 36.3. The van der Waals surface area contributed by atoms with Gasteiger partial charge in [0.15, 0.2) is 11.2 Å². The molecule has 3 aromatic heterocycles. The molecule has 8 nitrogen and oxygen atoms in total. The summed E-state index contributed by atoms with van der Waals surface area (Å²) in [6.45, 7) is 0.0572. The Morgan fingerprint density at radius 2 is 1.61 bits per heavy atom. The topological polar surface area (TPSA) is 101 Å². The molecule has 0 fully saturated rings. The Morgan fingerprint density at radius 3 is 2.28 bits per heavy atom. The van der Waals surface area contributed by atoms with E-state index in [0.717, 1.165) is 16.5 Å². The molecule has 3 heterocycles. The van der Waals surface area contributed by atoms with Crippen LogP contribution in [0, 0.1) is 0 Å². The summed E-state index contributed by atoms with van der Waals surface area (Å²) in [6, 6.07) is 17.5. The lowest BCUT2D eigenvalue weighted by atomic mass is 10.2. The molecule has 0 aliphatic heterocycles. The largest absolute Gasteiger partial charge is 0.333 e. The molecule has 2 N–H and O–H groups in total. The lowest BCUT2D eigenvalue weighted by Crippen LogP contribution is -2.40. The monoisotopic (exact) mass is 558 g/mol. The average molecular weight is 560 g/mol. The van der Waals surface area contributed by atoms with Crippen molar-refractivity contribution in [1.29, 1.82) is 0 Å². The molecule has 2 aromatic carbocycles. The first kappa shape index (κ1) is 24.6. The third-order valence-corrected chi connectivity index (χ3v) is 6.75. The van der Waals surface area contributed by atoms with E-state index in [1.54, 1.807) is 59.2 Å². The van der Waals surface area contributed by atoms with Gasteiger partial charge in [0.2, 0.25) is 0 Å². The molecule has 5 rings (SSSR count). The highest BCUT2D eigenvalue weighted by Gasteiger charge is 2.24. The van der Waals surface area contributed by atoms with Crippen LogP contribution in [0.3, 0.4) is 0 Å². The van der Waals surface area contributed by atoms with Crippen molar-refractivity contribution in [3.8, 4) is 17.1 Å². The molecule has 182 valence electrons. The molecule has 12 heteroatoms. The van der Waals surface area contributed by atoms with Gasteiger partial charge < -0.3 is 0 Å². The van der Waals surface area contributed by atoms with Crippen LogP contribution in [0.2, 0.25) is 15.1 Å². The Bertz CT molecular complexity index is 1700. The molecule has 0 amide bonds. The number of nitrogens with zero attached hydrogens (tertiary/aromatic N) is 5. The van der Waals surface area contributed by atoms with E-state index in [0.29, 0.717) is 37.8 Å². The van der Waals surface area contributed by atoms with Gasteiger partial charge in [0.05, 0.1) is 28.2 Å². The Kier molecular flexibility index (Phi) is 6.92. The standard InChI is InChI=1S/C24H17Cl3N6O2S/c25-14-6-9-17(10-7-14)33-20-22(30-21(33)18-3-1-2-4-19(18)27)31(12-16-8-5-15(26)11-29-16)24(35)32(13-36-28)23(20)34/h1-11H,12-13,28H2. The maximum atomic E-state index is 13.7. The Labute approximate surface area is 224 Å². The molecule has 0 unspecified atom stereocenters. The molecular weight excluding hydrogens is 543 g/mol. The Hall–Kier alpha value is -3.08. The van der Waals surface area contributed by atoms with E-state index in [1.807, 2.05) is 6.07 Å². The first-order valence-corrected chi connectivity index (χ1v) is 12.8. The second-order valence-electron chi connectivity index (χ2n) is 7.76. The predicted molar refractivity (Wildman–Crippen MR) is 145 cm³/mol. The van der Waals surface area contributed by atoms with Gasteiger partial charge in [-0.3, -0.25) is 24.1 Å². The van der Waals surface area contributed by atoms with Crippen molar-refractivity contribution >= 4 is 57.9 Å². The molecule has 0 spiro atoms. The van der Waals surface area contributed by atoms with Gasteiger partial charge in [-0.05, 0) is 48.5 Å². The lowest BCUT2D eigenvalue weighted by molar-refractivity contribution is 0.653. The number of pyridine rings is 1. The number of nitrogens with two attached hydrogens (primary N) is 1. The zero-order chi connectivity index (χ0) is 25.4. The summed E-state index contributed by atoms with van der Waals surface area (Å²) < 4.78 is 4.15. The highest BCUT2D eigenvalue weighted by molar-refractivity contribution is 7.96. The van der Waals surface area contributed by atoms with Crippen molar-refractivity contribution in [3.63, 3.8) is 0 Å². The van der Waals surface area contributed by atoms with Crippen LogP contribution in [0.5, 0.6) is 0 Å². The number of rotatable bonds is 6. The van der Waals surface area contributed by atoms with Crippen LogP contribution < -0.4 is 16.4 Å². The molecule has 36 heavy (non-hydrogen) atoms. The third kappa shape index (κ3) is 4.44. The highest BCUT2D eigenvalue weighted by atomic mass is 35.5. The van der Waals surface area contributed by atoms with Gasteiger partial charge in [-0.2, -0.15) is 0 Å². The maximum absolute atomic E-state index is 13.7. The second kappa shape index (κ2) is 10.1. The number of aromatic nitrogens is 5. The van der Waals surface area contributed by atoms with E-state index in [1.165, 1.54) is 10.8 Å². The van der Waals surface area contributed by atoms with Crippen molar-refractivity contribution in [2.24, 2.45) is 5.14 Å². The zero-order valence-corrected chi connectivity index (χ0v) is 21.5. The molecule has 0 aliphatic rings. The third-order valence-electron chi connectivity index (χ3n) is 5.54. The van der Waals surface area contributed by atoms with Crippen molar-refractivity contribution in [1.82, 2.24) is 23.7 Å². The average Bonchev–Trinajstić information content (AvgIpc) is 3.27. The van der Waals surface area contributed by atoms with E-state index >= 15 is 0 Å². The first-order valence-electron chi connectivity index (χ1n) is 10.6. The minimum Gasteiger partial charge on any atom is -0.286 e. The summed E-state index contributed by atoms with van der Waals surface area (Å²) in [6.07, 6.45) is 1.49. The van der Waals surface area contributed by atoms with Crippen LogP contribution >= 0.6 is 46.8 Å². The first-order chi connectivity index (χ1) is 17.4. The Balaban J connectivity index is 1.91. The van der Waals surface area contributed by atoms with E-state index in [9.17, 15) is 9.59 Å². The van der Waals surface area contributed by atoms with Crippen LogP contribution in [0.15, 0.2) is 76.4 Å². The van der Waals surface area contributed by atoms with Gasteiger partial charge in [-0.1, -0.05) is 58.9 Å². The molecule has 0 saturated heterocycles. The number of halogens is 3. The molecule has 5 aromatic rings. The number of imidazole rings is 1. The Morgan fingerprint density at radius 1 is 0.889 bits per heavy atom. The minimum absolute atomic E-state index is 0.0467. The van der Waals surface area contributed by atoms with Crippen LogP contribution in [-0.4, -0.2) is 23.7 Å². The van der Waals surface area contributed by atoms with Gasteiger partial charge in [-0.15, -0.1) is 0 Å². The van der Waals surface area contributed by atoms with Gasteiger partial charge in [0.25, 0.3) is 5.56 Å². The van der Waals surface area contributed by atoms with Gasteiger partial charge in [0, 0.05) is 22.5 Å². The maximum Gasteiger partial charge on any atom is 0.333 e. The van der Waals surface area contributed by atoms with Crippen LogP contribution in [0.4, 0.5) is 0 Å². The van der Waals surface area contributed by atoms with Crippen molar-refractivity contribution in [2.75, 3.05) is 0 Å². The van der Waals surface area contributed by atoms with Gasteiger partial charge in [0.1, 0.15) is 5.82 Å². The minimum atomic E-state index is -0.561. The number of fused-ring (bicyclic) bond motifs is 1. The van der Waals surface area contributed by atoms with Crippen molar-refractivity contribution in [3.05, 3.63) is 108 Å². The van der Waals surface area contributed by atoms with Gasteiger partial charge in [-0.25, -0.2) is 14.3 Å². The van der Waals surface area contributed by atoms with E-state index in [2.05, 4.69) is 4.98 Å². The lowest BCUT2D eigenvalue weighted by Gasteiger charge is -2.13. The summed E-state index contributed by atoms with van der Waals surface area (Å²) in [7, 11) is 0. The smallest absolute Gasteiger partial charge is 0.286 e. The molecule has 0 aliphatic carbocycles. The normalized spacial score (nSPS) is 11.3. The van der Waals surface area contributed by atoms with Crippen LogP contribution in [0.25, 0.3) is 28.2 Å². The van der Waals surface area contributed by atoms with Crippen molar-refractivity contribution in [2.45, 2.75) is 12.4 Å². The summed E-state index contributed by atoms with van der Waals surface area (Å²) in [5, 5.41) is 7.11. The van der Waals surface area contributed by atoms with Crippen LogP contribution in [0.1, 0.15) is 5.69 Å². The summed E-state index contributed by atoms with van der Waals surface area (Å²) >= 11 is 19.5.